The van der Waals surface area contributed by atoms with Crippen molar-refractivity contribution in [3.8, 4) is 0 Å². The molecule has 2 aromatic rings. The molecule has 2 heterocycles. The fourth-order valence-corrected chi connectivity index (χ4v) is 1.99. The highest BCUT2D eigenvalue weighted by Gasteiger charge is 2.23. The molecule has 0 bridgehead atoms. The van der Waals surface area contributed by atoms with E-state index in [1.165, 1.54) is 0 Å². The number of carbonyl (C=O) groups excluding carboxylic acids is 1. The Hall–Kier alpha value is -1.89. The van der Waals surface area contributed by atoms with Crippen LogP contribution in [0.2, 0.25) is 5.02 Å². The number of carbonyl (C=O) groups is 1. The van der Waals surface area contributed by atoms with Crippen LogP contribution in [0.3, 0.4) is 0 Å². The van der Waals surface area contributed by atoms with Crippen LogP contribution in [0.25, 0.3) is 0 Å². The van der Waals surface area contributed by atoms with E-state index in [4.69, 9.17) is 16.1 Å². The van der Waals surface area contributed by atoms with Gasteiger partial charge in [0.2, 0.25) is 5.89 Å². The lowest BCUT2D eigenvalue weighted by Gasteiger charge is -2.11. The Morgan fingerprint density at radius 2 is 2.20 bits per heavy atom. The van der Waals surface area contributed by atoms with Crippen molar-refractivity contribution in [1.29, 1.82) is 0 Å². The zero-order valence-electron chi connectivity index (χ0n) is 11.8. The Morgan fingerprint density at radius 3 is 2.65 bits per heavy atom. The molecule has 0 aliphatic rings. The van der Waals surface area contributed by atoms with Crippen molar-refractivity contribution < 1.29 is 9.32 Å². The number of halogens is 1. The quantitative estimate of drug-likeness (QED) is 0.932. The third-order valence-corrected chi connectivity index (χ3v) is 3.48. The van der Waals surface area contributed by atoms with Gasteiger partial charge in [0.25, 0.3) is 5.91 Å². The highest BCUT2D eigenvalue weighted by Crippen LogP contribution is 2.21. The summed E-state index contributed by atoms with van der Waals surface area (Å²) in [5.41, 5.74) is 0.930. The topological polar surface area (TPSA) is 85.8 Å². The van der Waals surface area contributed by atoms with E-state index in [0.717, 1.165) is 5.69 Å². The fourth-order valence-electron chi connectivity index (χ4n) is 1.75. The van der Waals surface area contributed by atoms with Gasteiger partial charge < -0.3 is 9.84 Å². The minimum absolute atomic E-state index is 0.196. The number of hydrogen-bond donors (Lipinski definition) is 1. The molecule has 0 spiro atoms. The molecule has 0 aliphatic heterocycles. The van der Waals surface area contributed by atoms with Crippen LogP contribution in [-0.2, 0) is 7.05 Å². The van der Waals surface area contributed by atoms with E-state index in [1.54, 1.807) is 25.6 Å². The monoisotopic (exact) mass is 297 g/mol. The van der Waals surface area contributed by atoms with Gasteiger partial charge in [0, 0.05) is 7.05 Å². The standard InChI is InChI=1S/C12H16ClN5O2/c1-5-8(12-14-7(3)17-20-12)15-11(19)10-9(13)6(2)18(4)16-10/h8H,5H2,1-4H3,(H,15,19)/t8-/m1/s1. The van der Waals surface area contributed by atoms with Gasteiger partial charge in [-0.05, 0) is 20.3 Å². The summed E-state index contributed by atoms with van der Waals surface area (Å²) in [5.74, 6) is 0.544. The van der Waals surface area contributed by atoms with E-state index < -0.39 is 0 Å². The van der Waals surface area contributed by atoms with E-state index in [-0.39, 0.29) is 17.6 Å². The Balaban J connectivity index is 2.19. The maximum atomic E-state index is 12.2. The molecule has 7 nitrogen and oxygen atoms in total. The van der Waals surface area contributed by atoms with E-state index in [2.05, 4.69) is 20.6 Å². The first-order valence-electron chi connectivity index (χ1n) is 6.24. The number of rotatable bonds is 4. The second kappa shape index (κ2) is 5.62. The molecule has 0 saturated carbocycles. The van der Waals surface area contributed by atoms with Gasteiger partial charge in [-0.3, -0.25) is 9.48 Å². The van der Waals surface area contributed by atoms with Crippen LogP contribution < -0.4 is 5.32 Å². The summed E-state index contributed by atoms with van der Waals surface area (Å²) in [6.45, 7) is 5.43. The van der Waals surface area contributed by atoms with E-state index in [1.807, 2.05) is 6.92 Å². The largest absolute Gasteiger partial charge is 0.339 e. The molecule has 0 saturated heterocycles. The van der Waals surface area contributed by atoms with Crippen LogP contribution >= 0.6 is 11.6 Å². The fraction of sp³-hybridized carbons (Fsp3) is 0.500. The van der Waals surface area contributed by atoms with Crippen molar-refractivity contribution in [2.75, 3.05) is 0 Å². The van der Waals surface area contributed by atoms with Gasteiger partial charge in [-0.1, -0.05) is 23.7 Å². The minimum atomic E-state index is -0.360. The molecule has 20 heavy (non-hydrogen) atoms. The Bertz CT molecular complexity index is 634. The predicted octanol–water partition coefficient (Wildman–Crippen LogP) is 1.95. The average Bonchev–Trinajstić information content (AvgIpc) is 2.95. The molecule has 0 radical (unpaired) electrons. The van der Waals surface area contributed by atoms with Gasteiger partial charge in [0.1, 0.15) is 6.04 Å². The normalized spacial score (nSPS) is 12.4. The molecule has 1 amide bonds. The zero-order valence-corrected chi connectivity index (χ0v) is 12.5. The van der Waals surface area contributed by atoms with Crippen LogP contribution in [-0.4, -0.2) is 25.8 Å². The minimum Gasteiger partial charge on any atom is -0.339 e. The zero-order chi connectivity index (χ0) is 14.9. The van der Waals surface area contributed by atoms with Crippen molar-refractivity contribution in [2.24, 2.45) is 7.05 Å². The second-order valence-corrected chi connectivity index (χ2v) is 4.86. The predicted molar refractivity (Wildman–Crippen MR) is 72.5 cm³/mol. The van der Waals surface area contributed by atoms with Crippen LogP contribution in [0, 0.1) is 13.8 Å². The summed E-state index contributed by atoms with van der Waals surface area (Å²) in [4.78, 5) is 16.3. The summed E-state index contributed by atoms with van der Waals surface area (Å²) >= 11 is 6.09. The lowest BCUT2D eigenvalue weighted by molar-refractivity contribution is 0.0921. The van der Waals surface area contributed by atoms with Gasteiger partial charge in [-0.25, -0.2) is 0 Å². The highest BCUT2D eigenvalue weighted by molar-refractivity contribution is 6.34. The number of amides is 1. The summed E-state index contributed by atoms with van der Waals surface area (Å²) in [6, 6.07) is -0.359. The molecule has 8 heteroatoms. The van der Waals surface area contributed by atoms with E-state index in [9.17, 15) is 4.79 Å². The lowest BCUT2D eigenvalue weighted by atomic mass is 10.2. The van der Waals surface area contributed by atoms with Crippen LogP contribution in [0.5, 0.6) is 0 Å². The maximum absolute atomic E-state index is 12.2. The molecule has 2 aromatic heterocycles. The molecule has 1 atom stereocenters. The third kappa shape index (κ3) is 2.67. The van der Waals surface area contributed by atoms with E-state index in [0.29, 0.717) is 23.2 Å². The van der Waals surface area contributed by atoms with Crippen LogP contribution in [0.4, 0.5) is 0 Å². The number of aryl methyl sites for hydroxylation is 2. The van der Waals surface area contributed by atoms with Gasteiger partial charge in [0.15, 0.2) is 11.5 Å². The molecule has 0 aromatic carbocycles. The molecule has 2 rings (SSSR count). The second-order valence-electron chi connectivity index (χ2n) is 4.49. The smallest absolute Gasteiger partial charge is 0.274 e. The van der Waals surface area contributed by atoms with Crippen LogP contribution in [0.1, 0.15) is 47.3 Å². The summed E-state index contributed by atoms with van der Waals surface area (Å²) < 4.78 is 6.64. The van der Waals surface area contributed by atoms with Crippen LogP contribution in [0.15, 0.2) is 4.52 Å². The molecular weight excluding hydrogens is 282 g/mol. The number of nitrogens with zero attached hydrogens (tertiary/aromatic N) is 4. The Labute approximate surface area is 121 Å². The molecule has 0 aliphatic carbocycles. The van der Waals surface area contributed by atoms with E-state index >= 15 is 0 Å². The summed E-state index contributed by atoms with van der Waals surface area (Å²) in [6.07, 6.45) is 0.622. The number of nitrogens with one attached hydrogen (secondary N) is 1. The number of hydrogen-bond acceptors (Lipinski definition) is 5. The molecule has 108 valence electrons. The van der Waals surface area contributed by atoms with Gasteiger partial charge in [-0.2, -0.15) is 10.1 Å². The lowest BCUT2D eigenvalue weighted by Crippen LogP contribution is -2.29. The summed E-state index contributed by atoms with van der Waals surface area (Å²) in [5, 5.41) is 11.0. The SMILES string of the molecule is CC[C@@H](NC(=O)c1nn(C)c(C)c1Cl)c1nc(C)no1. The van der Waals surface area contributed by atoms with Crippen molar-refractivity contribution in [2.45, 2.75) is 33.2 Å². The first-order chi connectivity index (χ1) is 9.43. The van der Waals surface area contributed by atoms with Crippen molar-refractivity contribution in [3.63, 3.8) is 0 Å². The van der Waals surface area contributed by atoms with Gasteiger partial charge >= 0.3 is 0 Å². The first kappa shape index (κ1) is 14.5. The number of aromatic nitrogens is 4. The van der Waals surface area contributed by atoms with Gasteiger partial charge in [-0.15, -0.1) is 0 Å². The molecule has 1 N–H and O–H groups in total. The molecular formula is C12H16ClN5O2. The average molecular weight is 298 g/mol. The van der Waals surface area contributed by atoms with Crippen molar-refractivity contribution in [3.05, 3.63) is 28.1 Å². The summed E-state index contributed by atoms with van der Waals surface area (Å²) in [7, 11) is 1.73. The van der Waals surface area contributed by atoms with Crippen molar-refractivity contribution >= 4 is 17.5 Å². The molecule has 0 fully saturated rings. The molecule has 0 unspecified atom stereocenters. The van der Waals surface area contributed by atoms with Gasteiger partial charge in [0.05, 0.1) is 10.7 Å². The Morgan fingerprint density at radius 1 is 1.50 bits per heavy atom. The first-order valence-corrected chi connectivity index (χ1v) is 6.62. The Kier molecular flexibility index (Phi) is 4.08. The maximum Gasteiger partial charge on any atom is 0.274 e. The highest BCUT2D eigenvalue weighted by atomic mass is 35.5. The third-order valence-electron chi connectivity index (χ3n) is 3.03. The van der Waals surface area contributed by atoms with Crippen molar-refractivity contribution in [1.82, 2.24) is 25.2 Å².